The fourth-order valence-corrected chi connectivity index (χ4v) is 1.62. The van der Waals surface area contributed by atoms with Crippen LogP contribution in [0.25, 0.3) is 0 Å². The summed E-state index contributed by atoms with van der Waals surface area (Å²) in [5, 5.41) is 0.568. The van der Waals surface area contributed by atoms with Crippen molar-refractivity contribution in [2.24, 2.45) is 15.9 Å². The maximum absolute atomic E-state index is 5.94. The molecule has 4 heteroatoms. The molecular formula is C9H9ClN2O. The van der Waals surface area contributed by atoms with Crippen molar-refractivity contribution < 1.29 is 4.74 Å². The third kappa shape index (κ3) is 1.52. The molecule has 0 aromatic heterocycles. The standard InChI is InChI=1S/C9H9ClN2O/c1-13-6-2-3-8-7(4-6)9(10)12-5-11-8/h2-5,7-8H,1H3. The Hall–Kier alpha value is -1.09. The largest absolute Gasteiger partial charge is 0.497 e. The van der Waals surface area contributed by atoms with Gasteiger partial charge in [0.15, 0.2) is 0 Å². The fraction of sp³-hybridized carbons (Fsp3) is 0.333. The molecule has 1 aliphatic heterocycles. The highest BCUT2D eigenvalue weighted by molar-refractivity contribution is 6.66. The van der Waals surface area contributed by atoms with Crippen molar-refractivity contribution in [2.45, 2.75) is 6.04 Å². The Labute approximate surface area is 81.5 Å². The molecule has 2 unspecified atom stereocenters. The molecule has 68 valence electrons. The first-order valence-electron chi connectivity index (χ1n) is 4.00. The second kappa shape index (κ2) is 3.34. The summed E-state index contributed by atoms with van der Waals surface area (Å²) in [7, 11) is 1.63. The summed E-state index contributed by atoms with van der Waals surface area (Å²) in [6, 6.07) is 0.0869. The summed E-state index contributed by atoms with van der Waals surface area (Å²) in [6.07, 6.45) is 7.30. The predicted molar refractivity (Wildman–Crippen MR) is 53.3 cm³/mol. The van der Waals surface area contributed by atoms with Gasteiger partial charge in [0.25, 0.3) is 0 Å². The number of fused-ring (bicyclic) bond motifs is 1. The summed E-state index contributed by atoms with van der Waals surface area (Å²) >= 11 is 5.94. The van der Waals surface area contributed by atoms with Crippen LogP contribution in [0.1, 0.15) is 0 Å². The van der Waals surface area contributed by atoms with Crippen LogP contribution in [0.15, 0.2) is 34.0 Å². The van der Waals surface area contributed by atoms with E-state index >= 15 is 0 Å². The minimum atomic E-state index is 0.0478. The van der Waals surface area contributed by atoms with Crippen LogP contribution >= 0.6 is 11.6 Å². The van der Waals surface area contributed by atoms with E-state index in [1.165, 1.54) is 6.34 Å². The molecule has 3 nitrogen and oxygen atoms in total. The molecule has 1 aliphatic carbocycles. The van der Waals surface area contributed by atoms with Crippen LogP contribution in [0, 0.1) is 5.92 Å². The monoisotopic (exact) mass is 196 g/mol. The van der Waals surface area contributed by atoms with E-state index in [9.17, 15) is 0 Å². The van der Waals surface area contributed by atoms with E-state index in [0.29, 0.717) is 5.17 Å². The molecule has 0 aromatic rings. The lowest BCUT2D eigenvalue weighted by molar-refractivity contribution is 0.301. The number of ether oxygens (including phenoxy) is 1. The lowest BCUT2D eigenvalue weighted by atomic mass is 9.95. The van der Waals surface area contributed by atoms with Crippen LogP contribution in [-0.2, 0) is 4.74 Å². The molecule has 0 fully saturated rings. The van der Waals surface area contributed by atoms with Crippen molar-refractivity contribution >= 4 is 23.1 Å². The first-order valence-corrected chi connectivity index (χ1v) is 4.38. The topological polar surface area (TPSA) is 34.0 Å². The van der Waals surface area contributed by atoms with Gasteiger partial charge in [-0.05, 0) is 12.2 Å². The van der Waals surface area contributed by atoms with Gasteiger partial charge in [-0.1, -0.05) is 17.7 Å². The molecule has 1 heterocycles. The zero-order valence-electron chi connectivity index (χ0n) is 7.14. The van der Waals surface area contributed by atoms with E-state index in [1.54, 1.807) is 7.11 Å². The van der Waals surface area contributed by atoms with Gasteiger partial charge >= 0.3 is 0 Å². The molecule has 2 aliphatic rings. The fourth-order valence-electron chi connectivity index (χ4n) is 1.38. The molecule has 0 amide bonds. The molecule has 0 aromatic carbocycles. The molecule has 0 saturated heterocycles. The summed E-state index contributed by atoms with van der Waals surface area (Å²) in [4.78, 5) is 8.13. The van der Waals surface area contributed by atoms with E-state index in [0.717, 1.165) is 5.76 Å². The number of hydrogen-bond donors (Lipinski definition) is 0. The second-order valence-corrected chi connectivity index (χ2v) is 3.25. The van der Waals surface area contributed by atoms with Gasteiger partial charge < -0.3 is 4.74 Å². The maximum atomic E-state index is 5.94. The van der Waals surface area contributed by atoms with Crippen molar-refractivity contribution in [3.8, 4) is 0 Å². The first-order chi connectivity index (χ1) is 6.31. The highest BCUT2D eigenvalue weighted by Crippen LogP contribution is 2.25. The highest BCUT2D eigenvalue weighted by atomic mass is 35.5. The van der Waals surface area contributed by atoms with Gasteiger partial charge in [-0.3, -0.25) is 4.99 Å². The Kier molecular flexibility index (Phi) is 2.19. The molecule has 2 rings (SSSR count). The Morgan fingerprint density at radius 3 is 3.15 bits per heavy atom. The lowest BCUT2D eigenvalue weighted by Crippen LogP contribution is -2.26. The van der Waals surface area contributed by atoms with Crippen LogP contribution in [0.3, 0.4) is 0 Å². The maximum Gasteiger partial charge on any atom is 0.117 e. The highest BCUT2D eigenvalue weighted by Gasteiger charge is 2.26. The zero-order valence-corrected chi connectivity index (χ0v) is 7.90. The number of allylic oxidation sites excluding steroid dienone is 1. The molecule has 0 bridgehead atoms. The second-order valence-electron chi connectivity index (χ2n) is 2.87. The van der Waals surface area contributed by atoms with Gasteiger partial charge in [0.2, 0.25) is 0 Å². The number of methoxy groups -OCH3 is 1. The van der Waals surface area contributed by atoms with Gasteiger partial charge in [-0.25, -0.2) is 4.99 Å². The van der Waals surface area contributed by atoms with Crippen LogP contribution < -0.4 is 0 Å². The van der Waals surface area contributed by atoms with Crippen molar-refractivity contribution in [3.63, 3.8) is 0 Å². The van der Waals surface area contributed by atoms with Crippen molar-refractivity contribution in [1.29, 1.82) is 0 Å². The number of halogens is 1. The van der Waals surface area contributed by atoms with E-state index in [4.69, 9.17) is 16.3 Å². The number of nitrogens with zero attached hydrogens (tertiary/aromatic N) is 2. The summed E-state index contributed by atoms with van der Waals surface area (Å²) < 4.78 is 5.10. The van der Waals surface area contributed by atoms with Crippen LogP contribution in [0.2, 0.25) is 0 Å². The summed E-state index contributed by atoms with van der Waals surface area (Å²) in [6.45, 7) is 0. The van der Waals surface area contributed by atoms with E-state index in [2.05, 4.69) is 9.98 Å². The first kappa shape index (κ1) is 8.51. The molecule has 0 radical (unpaired) electrons. The van der Waals surface area contributed by atoms with Crippen molar-refractivity contribution in [2.75, 3.05) is 7.11 Å². The average Bonchev–Trinajstić information content (AvgIpc) is 2.18. The molecule has 13 heavy (non-hydrogen) atoms. The van der Waals surface area contributed by atoms with Gasteiger partial charge in [-0.15, -0.1) is 0 Å². The quantitative estimate of drug-likeness (QED) is 0.629. The SMILES string of the molecule is COC1=CC2C(Cl)=NC=NC2C=C1. The Balaban J connectivity index is 2.29. The molecule has 2 atom stereocenters. The van der Waals surface area contributed by atoms with E-state index < -0.39 is 0 Å². The Morgan fingerprint density at radius 2 is 2.38 bits per heavy atom. The van der Waals surface area contributed by atoms with E-state index in [1.807, 2.05) is 18.2 Å². The zero-order chi connectivity index (χ0) is 9.26. The van der Waals surface area contributed by atoms with Crippen LogP contribution in [-0.4, -0.2) is 24.7 Å². The smallest absolute Gasteiger partial charge is 0.117 e. The Morgan fingerprint density at radius 1 is 1.54 bits per heavy atom. The third-order valence-electron chi connectivity index (χ3n) is 2.10. The molecular weight excluding hydrogens is 188 g/mol. The number of hydrogen-bond acceptors (Lipinski definition) is 3. The number of rotatable bonds is 1. The Bertz CT molecular complexity index is 331. The summed E-state index contributed by atoms with van der Waals surface area (Å²) in [5.74, 6) is 0.860. The molecule has 0 spiro atoms. The minimum absolute atomic E-state index is 0.0478. The predicted octanol–water partition coefficient (Wildman–Crippen LogP) is 1.75. The lowest BCUT2D eigenvalue weighted by Gasteiger charge is -2.23. The van der Waals surface area contributed by atoms with Crippen LogP contribution in [0.5, 0.6) is 0 Å². The molecule has 0 N–H and O–H groups in total. The summed E-state index contributed by atoms with van der Waals surface area (Å²) in [5.41, 5.74) is 0. The van der Waals surface area contributed by atoms with Gasteiger partial charge in [-0.2, -0.15) is 0 Å². The minimum Gasteiger partial charge on any atom is -0.497 e. The third-order valence-corrected chi connectivity index (χ3v) is 2.45. The normalized spacial score (nSPS) is 30.6. The van der Waals surface area contributed by atoms with E-state index in [-0.39, 0.29) is 12.0 Å². The van der Waals surface area contributed by atoms with Gasteiger partial charge in [0, 0.05) is 0 Å². The molecule has 0 saturated carbocycles. The van der Waals surface area contributed by atoms with Crippen molar-refractivity contribution in [3.05, 3.63) is 24.0 Å². The number of aliphatic imine (C=N–C) groups is 2. The van der Waals surface area contributed by atoms with Crippen LogP contribution in [0.4, 0.5) is 0 Å². The average molecular weight is 197 g/mol. The van der Waals surface area contributed by atoms with Gasteiger partial charge in [0.05, 0.1) is 19.1 Å². The van der Waals surface area contributed by atoms with Gasteiger partial charge in [0.1, 0.15) is 17.3 Å². The van der Waals surface area contributed by atoms with Crippen molar-refractivity contribution in [1.82, 2.24) is 0 Å².